The standard InChI is InChI=1S/C28H20ClF2NO3S/c1-32(22-9-5-20(29)6-10-22)21-7-3-17(4-8-21)27(33)18-13-19(28(34)35-2)15-24(14-18)36-23-11-12-25(30)26(31)16-23/h3-16H,1-2H3. The molecule has 4 rings (SSSR count). The molecule has 0 aliphatic heterocycles. The second-order valence-electron chi connectivity index (χ2n) is 7.83. The Balaban J connectivity index is 1.62. The van der Waals surface area contributed by atoms with Gasteiger partial charge in [-0.1, -0.05) is 23.4 Å². The maximum Gasteiger partial charge on any atom is 0.337 e. The molecule has 0 bridgehead atoms. The van der Waals surface area contributed by atoms with E-state index in [9.17, 15) is 18.4 Å². The second kappa shape index (κ2) is 10.9. The first-order chi connectivity index (χ1) is 17.2. The number of hydrogen-bond donors (Lipinski definition) is 0. The number of methoxy groups -OCH3 is 1. The third-order valence-corrected chi connectivity index (χ3v) is 6.66. The molecule has 0 saturated heterocycles. The van der Waals surface area contributed by atoms with Crippen LogP contribution in [0.4, 0.5) is 20.2 Å². The molecule has 182 valence electrons. The summed E-state index contributed by atoms with van der Waals surface area (Å²) in [7, 11) is 3.15. The number of ether oxygens (including phenoxy) is 1. The molecular weight excluding hydrogens is 504 g/mol. The third kappa shape index (κ3) is 5.75. The first kappa shape index (κ1) is 25.4. The maximum atomic E-state index is 13.7. The van der Waals surface area contributed by atoms with Crippen LogP contribution in [-0.4, -0.2) is 25.9 Å². The highest BCUT2D eigenvalue weighted by atomic mass is 35.5. The van der Waals surface area contributed by atoms with Gasteiger partial charge in [0, 0.05) is 44.4 Å². The van der Waals surface area contributed by atoms with Gasteiger partial charge in [0.25, 0.3) is 0 Å². The fourth-order valence-electron chi connectivity index (χ4n) is 3.52. The molecule has 0 unspecified atom stereocenters. The van der Waals surface area contributed by atoms with Crippen LogP contribution in [0.1, 0.15) is 26.3 Å². The number of esters is 1. The number of anilines is 2. The summed E-state index contributed by atoms with van der Waals surface area (Å²) in [5, 5.41) is 0.643. The van der Waals surface area contributed by atoms with E-state index in [2.05, 4.69) is 0 Å². The normalized spacial score (nSPS) is 10.7. The zero-order chi connectivity index (χ0) is 25.8. The fraction of sp³-hybridized carbons (Fsp3) is 0.0714. The zero-order valence-electron chi connectivity index (χ0n) is 19.3. The molecule has 4 aromatic carbocycles. The molecule has 4 nitrogen and oxygen atoms in total. The number of nitrogens with zero attached hydrogens (tertiary/aromatic N) is 1. The predicted octanol–water partition coefficient (Wildman–Crippen LogP) is 7.55. The Hall–Kier alpha value is -3.68. The Morgan fingerprint density at radius 1 is 0.750 bits per heavy atom. The number of carbonyl (C=O) groups excluding carboxylic acids is 2. The quantitative estimate of drug-likeness (QED) is 0.185. The van der Waals surface area contributed by atoms with Crippen molar-refractivity contribution in [3.05, 3.63) is 118 Å². The minimum atomic E-state index is -0.982. The molecular formula is C28H20ClF2NO3S. The molecule has 0 aliphatic carbocycles. The summed E-state index contributed by atoms with van der Waals surface area (Å²) in [6, 6.07) is 22.6. The lowest BCUT2D eigenvalue weighted by Gasteiger charge is -2.19. The van der Waals surface area contributed by atoms with Gasteiger partial charge in [-0.25, -0.2) is 13.6 Å². The second-order valence-corrected chi connectivity index (χ2v) is 9.41. The smallest absolute Gasteiger partial charge is 0.337 e. The van der Waals surface area contributed by atoms with Gasteiger partial charge in [0.05, 0.1) is 12.7 Å². The summed E-state index contributed by atoms with van der Waals surface area (Å²) < 4.78 is 31.8. The molecule has 0 aliphatic rings. The molecule has 0 fully saturated rings. The Morgan fingerprint density at radius 2 is 1.36 bits per heavy atom. The van der Waals surface area contributed by atoms with Crippen LogP contribution in [0.3, 0.4) is 0 Å². The highest BCUT2D eigenvalue weighted by Gasteiger charge is 2.17. The predicted molar refractivity (Wildman–Crippen MR) is 138 cm³/mol. The number of carbonyl (C=O) groups is 2. The lowest BCUT2D eigenvalue weighted by atomic mass is 10.0. The highest BCUT2D eigenvalue weighted by molar-refractivity contribution is 7.99. The lowest BCUT2D eigenvalue weighted by molar-refractivity contribution is 0.0600. The van der Waals surface area contributed by atoms with Crippen molar-refractivity contribution in [2.45, 2.75) is 9.79 Å². The minimum Gasteiger partial charge on any atom is -0.465 e. The zero-order valence-corrected chi connectivity index (χ0v) is 20.9. The van der Waals surface area contributed by atoms with Gasteiger partial charge in [-0.3, -0.25) is 4.79 Å². The van der Waals surface area contributed by atoms with E-state index in [1.165, 1.54) is 19.2 Å². The van der Waals surface area contributed by atoms with Crippen LogP contribution in [0.2, 0.25) is 5.02 Å². The average molecular weight is 524 g/mol. The van der Waals surface area contributed by atoms with E-state index >= 15 is 0 Å². The molecule has 0 aromatic heterocycles. The Kier molecular flexibility index (Phi) is 7.72. The monoisotopic (exact) mass is 523 g/mol. The van der Waals surface area contributed by atoms with Crippen LogP contribution in [0.5, 0.6) is 0 Å². The van der Waals surface area contributed by atoms with Crippen molar-refractivity contribution in [2.24, 2.45) is 0 Å². The summed E-state index contributed by atoms with van der Waals surface area (Å²) in [5.74, 6) is -2.85. The van der Waals surface area contributed by atoms with Gasteiger partial charge in [0.2, 0.25) is 0 Å². The van der Waals surface area contributed by atoms with Gasteiger partial charge in [-0.2, -0.15) is 0 Å². The molecule has 4 aromatic rings. The number of hydrogen-bond acceptors (Lipinski definition) is 5. The van der Waals surface area contributed by atoms with Crippen LogP contribution in [0.25, 0.3) is 0 Å². The van der Waals surface area contributed by atoms with Crippen LogP contribution in [-0.2, 0) is 4.74 Å². The van der Waals surface area contributed by atoms with E-state index < -0.39 is 17.6 Å². The molecule has 0 N–H and O–H groups in total. The average Bonchev–Trinajstić information content (AvgIpc) is 2.90. The van der Waals surface area contributed by atoms with E-state index in [0.29, 0.717) is 20.4 Å². The van der Waals surface area contributed by atoms with Gasteiger partial charge in [0.15, 0.2) is 17.4 Å². The topological polar surface area (TPSA) is 46.6 Å². The fourth-order valence-corrected chi connectivity index (χ4v) is 4.59. The number of ketones is 1. The van der Waals surface area contributed by atoms with Gasteiger partial charge in [0.1, 0.15) is 0 Å². The van der Waals surface area contributed by atoms with E-state index in [1.807, 2.05) is 36.2 Å². The van der Waals surface area contributed by atoms with Crippen LogP contribution < -0.4 is 4.90 Å². The highest BCUT2D eigenvalue weighted by Crippen LogP contribution is 2.32. The summed E-state index contributed by atoms with van der Waals surface area (Å²) in [6.07, 6.45) is 0. The molecule has 0 saturated carbocycles. The number of halogens is 3. The van der Waals surface area contributed by atoms with Gasteiger partial charge in [-0.05, 0) is 84.9 Å². The van der Waals surface area contributed by atoms with Crippen molar-refractivity contribution < 1.29 is 23.1 Å². The number of rotatable bonds is 7. The lowest BCUT2D eigenvalue weighted by Crippen LogP contribution is -2.10. The summed E-state index contributed by atoms with van der Waals surface area (Å²) in [5.41, 5.74) is 2.67. The maximum absolute atomic E-state index is 13.7. The first-order valence-corrected chi connectivity index (χ1v) is 11.9. The van der Waals surface area contributed by atoms with Crippen molar-refractivity contribution in [3.63, 3.8) is 0 Å². The van der Waals surface area contributed by atoms with E-state index in [0.717, 1.165) is 35.3 Å². The van der Waals surface area contributed by atoms with E-state index in [4.69, 9.17) is 16.3 Å². The summed E-state index contributed by atoms with van der Waals surface area (Å²) in [6.45, 7) is 0. The minimum absolute atomic E-state index is 0.174. The third-order valence-electron chi connectivity index (χ3n) is 5.45. The SMILES string of the molecule is COC(=O)c1cc(Sc2ccc(F)c(F)c2)cc(C(=O)c2ccc(N(C)c3ccc(Cl)cc3)cc2)c1. The van der Waals surface area contributed by atoms with Crippen molar-refractivity contribution in [1.29, 1.82) is 0 Å². The van der Waals surface area contributed by atoms with Crippen LogP contribution in [0.15, 0.2) is 94.7 Å². The van der Waals surface area contributed by atoms with Crippen molar-refractivity contribution in [1.82, 2.24) is 0 Å². The van der Waals surface area contributed by atoms with E-state index in [1.54, 1.807) is 36.4 Å². The molecule has 0 radical (unpaired) electrons. The Labute approximate surface area is 216 Å². The molecule has 8 heteroatoms. The first-order valence-electron chi connectivity index (χ1n) is 10.8. The molecule has 0 amide bonds. The summed E-state index contributed by atoms with van der Waals surface area (Å²) in [4.78, 5) is 28.4. The van der Waals surface area contributed by atoms with Gasteiger partial charge in [-0.15, -0.1) is 0 Å². The summed E-state index contributed by atoms with van der Waals surface area (Å²) >= 11 is 7.07. The van der Waals surface area contributed by atoms with Crippen molar-refractivity contribution in [2.75, 3.05) is 19.1 Å². The Morgan fingerprint density at radius 3 is 1.97 bits per heavy atom. The van der Waals surface area contributed by atoms with Crippen molar-refractivity contribution in [3.8, 4) is 0 Å². The largest absolute Gasteiger partial charge is 0.465 e. The van der Waals surface area contributed by atoms with Crippen LogP contribution >= 0.6 is 23.4 Å². The molecule has 0 atom stereocenters. The van der Waals surface area contributed by atoms with Crippen molar-refractivity contribution >= 4 is 46.5 Å². The number of benzene rings is 4. The molecule has 36 heavy (non-hydrogen) atoms. The van der Waals surface area contributed by atoms with Crippen LogP contribution in [0, 0.1) is 11.6 Å². The van der Waals surface area contributed by atoms with E-state index in [-0.39, 0.29) is 16.9 Å². The van der Waals surface area contributed by atoms with Gasteiger partial charge >= 0.3 is 5.97 Å². The molecule has 0 spiro atoms. The van der Waals surface area contributed by atoms with Gasteiger partial charge < -0.3 is 9.64 Å². The Bertz CT molecular complexity index is 1430. The molecule has 0 heterocycles.